The van der Waals surface area contributed by atoms with Crippen LogP contribution < -0.4 is 4.65 Å². The Morgan fingerprint density at radius 3 is 2.16 bits per heavy atom. The molecule has 1 aromatic carbocycles. The number of hydrogen-bond donors (Lipinski definition) is 2. The van der Waals surface area contributed by atoms with Gasteiger partial charge in [0.1, 0.15) is 44.5 Å². The first kappa shape index (κ1) is 14.4. The molecule has 0 unspecified atom stereocenters. The van der Waals surface area contributed by atoms with Gasteiger partial charge in [0.25, 0.3) is 0 Å². The third-order valence-corrected chi connectivity index (χ3v) is 3.72. The first-order chi connectivity index (χ1) is 8.97. The van der Waals surface area contributed by atoms with E-state index in [1.165, 1.54) is 0 Å². The summed E-state index contributed by atoms with van der Waals surface area (Å²) >= 11 is 0. The summed E-state index contributed by atoms with van der Waals surface area (Å²) in [7, 11) is 0. The Hall–Kier alpha value is -1.02. The summed E-state index contributed by atoms with van der Waals surface area (Å²) in [6, 6.07) is 9.04. The van der Waals surface area contributed by atoms with Gasteiger partial charge in [0, 0.05) is 0 Å². The van der Waals surface area contributed by atoms with Crippen molar-refractivity contribution in [3.05, 3.63) is 40.7 Å². The molecule has 1 aliphatic rings. The SMILES string of the molecule is [O-][N+]1(C[C@H](O)CO)CC[N+]([O-])(c2ccccc2)CC1. The number of hydrogen-bond acceptors (Lipinski definition) is 4. The lowest BCUT2D eigenvalue weighted by Crippen LogP contribution is -2.64. The molecule has 106 valence electrons. The number of nitrogens with zero attached hydrogens (tertiary/aromatic N) is 2. The molecule has 0 aliphatic carbocycles. The molecule has 2 N–H and O–H groups in total. The second-order valence-electron chi connectivity index (χ2n) is 5.20. The molecule has 19 heavy (non-hydrogen) atoms. The first-order valence-corrected chi connectivity index (χ1v) is 6.47. The molecule has 1 aliphatic heterocycles. The van der Waals surface area contributed by atoms with Crippen LogP contribution in [0, 0.1) is 10.4 Å². The van der Waals surface area contributed by atoms with E-state index >= 15 is 0 Å². The fourth-order valence-electron chi connectivity index (χ4n) is 2.49. The van der Waals surface area contributed by atoms with E-state index in [0.29, 0.717) is 5.69 Å². The molecule has 6 heteroatoms. The lowest BCUT2D eigenvalue weighted by atomic mass is 10.2. The average molecular weight is 268 g/mol. The lowest BCUT2D eigenvalue weighted by Gasteiger charge is -2.54. The number of piperazine rings is 1. The van der Waals surface area contributed by atoms with Crippen LogP contribution in [0.15, 0.2) is 30.3 Å². The zero-order valence-corrected chi connectivity index (χ0v) is 10.8. The van der Waals surface area contributed by atoms with Crippen molar-refractivity contribution in [1.82, 2.24) is 4.65 Å². The van der Waals surface area contributed by atoms with Crippen LogP contribution >= 0.6 is 0 Å². The minimum Gasteiger partial charge on any atom is -0.632 e. The summed E-state index contributed by atoms with van der Waals surface area (Å²) in [5.41, 5.74) is 0.663. The molecule has 1 saturated heterocycles. The summed E-state index contributed by atoms with van der Waals surface area (Å²) in [6.07, 6.45) is -1.01. The third-order valence-electron chi connectivity index (χ3n) is 3.72. The van der Waals surface area contributed by atoms with E-state index in [0.717, 1.165) is 0 Å². The van der Waals surface area contributed by atoms with Crippen LogP contribution in [0.4, 0.5) is 5.69 Å². The van der Waals surface area contributed by atoms with E-state index in [9.17, 15) is 15.5 Å². The number of rotatable bonds is 4. The van der Waals surface area contributed by atoms with E-state index in [1.807, 2.05) is 18.2 Å². The highest BCUT2D eigenvalue weighted by Gasteiger charge is 2.34. The van der Waals surface area contributed by atoms with E-state index in [2.05, 4.69) is 0 Å². The van der Waals surface area contributed by atoms with Crippen molar-refractivity contribution in [2.45, 2.75) is 6.10 Å². The molecule has 2 rings (SSSR count). The lowest BCUT2D eigenvalue weighted by molar-refractivity contribution is -0.887. The number of para-hydroxylation sites is 1. The Bertz CT molecular complexity index is 404. The zero-order chi connectivity index (χ0) is 13.9. The Balaban J connectivity index is 2.02. The molecule has 6 nitrogen and oxygen atoms in total. The summed E-state index contributed by atoms with van der Waals surface area (Å²) < 4.78 is -1.09. The van der Waals surface area contributed by atoms with Gasteiger partial charge in [-0.05, 0) is 12.1 Å². The molecule has 1 aromatic rings. The minimum atomic E-state index is -1.01. The van der Waals surface area contributed by atoms with E-state index in [4.69, 9.17) is 5.11 Å². The van der Waals surface area contributed by atoms with E-state index in [-0.39, 0.29) is 32.7 Å². The largest absolute Gasteiger partial charge is 0.632 e. The molecule has 0 spiro atoms. The highest BCUT2D eigenvalue weighted by Crippen LogP contribution is 2.26. The van der Waals surface area contributed by atoms with Gasteiger partial charge in [-0.25, -0.2) is 0 Å². The van der Waals surface area contributed by atoms with Crippen LogP contribution in [0.25, 0.3) is 0 Å². The van der Waals surface area contributed by atoms with Crippen molar-refractivity contribution < 1.29 is 14.9 Å². The molecule has 0 bridgehead atoms. The Morgan fingerprint density at radius 2 is 1.63 bits per heavy atom. The quantitative estimate of drug-likeness (QED) is 0.602. The summed E-state index contributed by atoms with van der Waals surface area (Å²) in [4.78, 5) is 0. The molecule has 0 aromatic heterocycles. The Labute approximate surface area is 112 Å². The van der Waals surface area contributed by atoms with Gasteiger partial charge in [-0.2, -0.15) is 0 Å². The smallest absolute Gasteiger partial charge is 0.133 e. The first-order valence-electron chi connectivity index (χ1n) is 6.47. The predicted octanol–water partition coefficient (Wildman–Crippen LogP) is 0.173. The number of aliphatic hydroxyl groups excluding tert-OH is 2. The van der Waals surface area contributed by atoms with Crippen molar-refractivity contribution >= 4 is 5.69 Å². The van der Waals surface area contributed by atoms with Gasteiger partial charge < -0.3 is 29.9 Å². The normalized spacial score (nSPS) is 33.1. The standard InChI is InChI=1S/C13H20N2O4/c16-11-13(17)10-14(18)6-8-15(19,9-7-14)12-4-2-1-3-5-12/h1-5,13,16-17H,6-11H2/t13-,14?,15?/m0/s1. The molecular formula is C13H20N2O4. The second-order valence-corrected chi connectivity index (χ2v) is 5.20. The van der Waals surface area contributed by atoms with Crippen molar-refractivity contribution in [1.29, 1.82) is 0 Å². The third kappa shape index (κ3) is 3.30. The maximum absolute atomic E-state index is 12.6. The molecular weight excluding hydrogens is 248 g/mol. The van der Waals surface area contributed by atoms with Crippen LogP contribution in [0.3, 0.4) is 0 Å². The van der Waals surface area contributed by atoms with E-state index in [1.54, 1.807) is 12.1 Å². The number of aliphatic hydroxyl groups is 2. The molecule has 1 heterocycles. The maximum Gasteiger partial charge on any atom is 0.133 e. The van der Waals surface area contributed by atoms with Crippen molar-refractivity contribution in [3.8, 4) is 0 Å². The highest BCUT2D eigenvalue weighted by molar-refractivity contribution is 5.43. The van der Waals surface area contributed by atoms with Crippen LogP contribution in [-0.2, 0) is 0 Å². The fraction of sp³-hybridized carbons (Fsp3) is 0.538. The summed E-state index contributed by atoms with van der Waals surface area (Å²) in [6.45, 7) is 0.256. The van der Waals surface area contributed by atoms with Gasteiger partial charge in [-0.3, -0.25) is 0 Å². The van der Waals surface area contributed by atoms with Gasteiger partial charge in [-0.15, -0.1) is 0 Å². The minimum absolute atomic E-state index is 0.0503. The van der Waals surface area contributed by atoms with Crippen molar-refractivity contribution in [2.24, 2.45) is 0 Å². The molecule has 0 radical (unpaired) electrons. The summed E-state index contributed by atoms with van der Waals surface area (Å²) in [5.74, 6) is 0. The number of quaternary nitrogens is 2. The monoisotopic (exact) mass is 268 g/mol. The second kappa shape index (κ2) is 5.54. The van der Waals surface area contributed by atoms with Gasteiger partial charge >= 0.3 is 0 Å². The van der Waals surface area contributed by atoms with Crippen LogP contribution in [0.2, 0.25) is 0 Å². The van der Waals surface area contributed by atoms with Crippen molar-refractivity contribution in [2.75, 3.05) is 39.3 Å². The van der Waals surface area contributed by atoms with Gasteiger partial charge in [0.05, 0.1) is 6.61 Å². The Kier molecular flexibility index (Phi) is 4.19. The number of hydroxylamine groups is 5. The van der Waals surface area contributed by atoms with Crippen LogP contribution in [-0.4, -0.2) is 60.3 Å². The van der Waals surface area contributed by atoms with Crippen LogP contribution in [0.1, 0.15) is 0 Å². The highest BCUT2D eigenvalue weighted by atomic mass is 16.6. The van der Waals surface area contributed by atoms with E-state index < -0.39 is 22.0 Å². The zero-order valence-electron chi connectivity index (χ0n) is 10.8. The van der Waals surface area contributed by atoms with Gasteiger partial charge in [0.15, 0.2) is 0 Å². The Morgan fingerprint density at radius 1 is 1.05 bits per heavy atom. The molecule has 1 fully saturated rings. The summed E-state index contributed by atoms with van der Waals surface area (Å²) in [5, 5.41) is 43.1. The predicted molar refractivity (Wildman–Crippen MR) is 72.7 cm³/mol. The maximum atomic E-state index is 12.6. The fourth-order valence-corrected chi connectivity index (χ4v) is 2.49. The molecule has 1 atom stereocenters. The average Bonchev–Trinajstić information content (AvgIpc) is 2.43. The molecule has 0 saturated carbocycles. The topological polar surface area (TPSA) is 86.6 Å². The van der Waals surface area contributed by atoms with Crippen LogP contribution in [0.5, 0.6) is 0 Å². The van der Waals surface area contributed by atoms with Gasteiger partial charge in [-0.1, -0.05) is 18.2 Å². The number of benzene rings is 1. The van der Waals surface area contributed by atoms with Crippen molar-refractivity contribution in [3.63, 3.8) is 0 Å². The molecule has 0 amide bonds. The van der Waals surface area contributed by atoms with Gasteiger partial charge in [0.2, 0.25) is 0 Å².